The third-order valence-corrected chi connectivity index (χ3v) is 14.5. The monoisotopic (exact) mass is 438 g/mol. The minimum absolute atomic E-state index is 1.20. The van der Waals surface area contributed by atoms with E-state index in [9.17, 15) is 0 Å². The van der Waals surface area contributed by atoms with Crippen molar-refractivity contribution >= 4 is 41.1 Å². The van der Waals surface area contributed by atoms with Crippen LogP contribution in [0.25, 0.3) is 0 Å². The zero-order valence-corrected chi connectivity index (χ0v) is 17.3. The molecule has 0 saturated heterocycles. The summed E-state index contributed by atoms with van der Waals surface area (Å²) in [5.41, 5.74) is 7.41. The molecule has 0 bridgehead atoms. The van der Waals surface area contributed by atoms with E-state index in [-0.39, 0.29) is 0 Å². The SMILES string of the molecule is Cc1cc(C)c([Te](Cl)(Cl)c2c(C)cc(C)cc2C)c(C)c1. The first-order chi connectivity index (χ1) is 9.64. The van der Waals surface area contributed by atoms with Crippen LogP contribution in [0.15, 0.2) is 24.3 Å². The minimum atomic E-state index is -3.36. The fourth-order valence-corrected chi connectivity index (χ4v) is 15.6. The molecule has 0 N–H and O–H groups in total. The Morgan fingerprint density at radius 2 is 0.810 bits per heavy atom. The van der Waals surface area contributed by atoms with E-state index in [2.05, 4.69) is 65.8 Å². The molecule has 0 spiro atoms. The second-order valence-electron chi connectivity index (χ2n) is 5.92. The molecule has 0 fully saturated rings. The molecule has 0 radical (unpaired) electrons. The van der Waals surface area contributed by atoms with Crippen molar-refractivity contribution in [3.8, 4) is 0 Å². The predicted molar refractivity (Wildman–Crippen MR) is 98.0 cm³/mol. The number of benzene rings is 2. The molecular weight excluding hydrogens is 415 g/mol. The van der Waals surface area contributed by atoms with Crippen molar-refractivity contribution in [1.29, 1.82) is 0 Å². The molecule has 0 unspecified atom stereocenters. The van der Waals surface area contributed by atoms with E-state index in [0.717, 1.165) is 0 Å². The Hall–Kier alpha value is -0.190. The molecule has 3 heteroatoms. The normalized spacial score (nSPS) is 12.6. The molecule has 0 atom stereocenters. The second-order valence-corrected chi connectivity index (χ2v) is 18.2. The van der Waals surface area contributed by atoms with Gasteiger partial charge in [0.2, 0.25) is 0 Å². The quantitative estimate of drug-likeness (QED) is 0.605. The van der Waals surface area contributed by atoms with Crippen LogP contribution in [0.2, 0.25) is 0 Å². The van der Waals surface area contributed by atoms with Gasteiger partial charge in [0.25, 0.3) is 0 Å². The zero-order valence-electron chi connectivity index (χ0n) is 13.5. The first-order valence-corrected chi connectivity index (χ1v) is 15.3. The molecule has 0 saturated carbocycles. The molecule has 21 heavy (non-hydrogen) atoms. The van der Waals surface area contributed by atoms with Gasteiger partial charge in [0.05, 0.1) is 0 Å². The van der Waals surface area contributed by atoms with E-state index in [1.165, 1.54) is 40.6 Å². The van der Waals surface area contributed by atoms with Gasteiger partial charge in [-0.2, -0.15) is 0 Å². The summed E-state index contributed by atoms with van der Waals surface area (Å²) in [5, 5.41) is 0. The van der Waals surface area contributed by atoms with Gasteiger partial charge in [0.15, 0.2) is 0 Å². The molecule has 114 valence electrons. The van der Waals surface area contributed by atoms with E-state index >= 15 is 0 Å². The summed E-state index contributed by atoms with van der Waals surface area (Å²) in [6, 6.07) is 8.75. The van der Waals surface area contributed by atoms with Crippen LogP contribution in [0.4, 0.5) is 0 Å². The predicted octanol–water partition coefficient (Wildman–Crippen LogP) is 4.57. The van der Waals surface area contributed by atoms with Gasteiger partial charge < -0.3 is 0 Å². The number of rotatable bonds is 2. The van der Waals surface area contributed by atoms with Crippen molar-refractivity contribution in [2.24, 2.45) is 0 Å². The van der Waals surface area contributed by atoms with Crippen LogP contribution in [0, 0.1) is 41.5 Å². The molecule has 0 aliphatic carbocycles. The van der Waals surface area contributed by atoms with E-state index in [4.69, 9.17) is 17.9 Å². The second kappa shape index (κ2) is 6.13. The van der Waals surface area contributed by atoms with Gasteiger partial charge in [-0.05, 0) is 0 Å². The van der Waals surface area contributed by atoms with E-state index in [1.54, 1.807) is 0 Å². The summed E-state index contributed by atoms with van der Waals surface area (Å²) in [6.07, 6.45) is 0. The van der Waals surface area contributed by atoms with Gasteiger partial charge in [-0.1, -0.05) is 0 Å². The van der Waals surface area contributed by atoms with Crippen molar-refractivity contribution in [3.63, 3.8) is 0 Å². The van der Waals surface area contributed by atoms with Crippen molar-refractivity contribution in [1.82, 2.24) is 0 Å². The van der Waals surface area contributed by atoms with Crippen LogP contribution >= 0.6 is 17.9 Å². The number of hydrogen-bond acceptors (Lipinski definition) is 0. The molecule has 0 aliphatic heterocycles. The number of aryl methyl sites for hydroxylation is 6. The van der Waals surface area contributed by atoms with Gasteiger partial charge in [0.1, 0.15) is 0 Å². The average Bonchev–Trinajstić information content (AvgIpc) is 2.23. The van der Waals surface area contributed by atoms with E-state index in [0.29, 0.717) is 0 Å². The van der Waals surface area contributed by atoms with Crippen LogP contribution < -0.4 is 7.22 Å². The number of hydrogen-bond donors (Lipinski definition) is 0. The van der Waals surface area contributed by atoms with Gasteiger partial charge in [-0.25, -0.2) is 0 Å². The molecule has 0 aliphatic rings. The van der Waals surface area contributed by atoms with Crippen LogP contribution in [-0.4, -0.2) is 15.9 Å². The van der Waals surface area contributed by atoms with Gasteiger partial charge in [-0.15, -0.1) is 0 Å². The topological polar surface area (TPSA) is 0 Å². The van der Waals surface area contributed by atoms with Crippen LogP contribution in [-0.2, 0) is 0 Å². The standard InChI is InChI=1S/C18H22Cl2Te/c1-11-7-13(3)17(14(4)8-11)21(19,20)18-15(5)9-12(2)10-16(18)6/h7-10H,1-6H3. The zero-order chi connectivity index (χ0) is 15.9. The molecular formula is C18H22Cl2Te. The maximum atomic E-state index is 7.07. The Kier molecular flexibility index (Phi) is 5.01. The third kappa shape index (κ3) is 3.27. The van der Waals surface area contributed by atoms with E-state index < -0.39 is 15.9 Å². The fraction of sp³-hybridized carbons (Fsp3) is 0.333. The Balaban J connectivity index is 2.74. The fourth-order valence-electron chi connectivity index (χ4n) is 3.24. The molecule has 2 rings (SSSR count). The van der Waals surface area contributed by atoms with Crippen molar-refractivity contribution in [2.75, 3.05) is 0 Å². The van der Waals surface area contributed by atoms with Gasteiger partial charge >= 0.3 is 140 Å². The first-order valence-electron chi connectivity index (χ1n) is 7.03. The van der Waals surface area contributed by atoms with Crippen LogP contribution in [0.5, 0.6) is 0 Å². The van der Waals surface area contributed by atoms with Crippen LogP contribution in [0.1, 0.15) is 33.4 Å². The van der Waals surface area contributed by atoms with Crippen molar-refractivity contribution in [3.05, 3.63) is 57.6 Å². The summed E-state index contributed by atoms with van der Waals surface area (Å²) in [4.78, 5) is 0. The molecule has 0 aromatic heterocycles. The molecule has 0 nitrogen and oxygen atoms in total. The van der Waals surface area contributed by atoms with Gasteiger partial charge in [0, 0.05) is 0 Å². The van der Waals surface area contributed by atoms with Crippen molar-refractivity contribution < 1.29 is 0 Å². The summed E-state index contributed by atoms with van der Waals surface area (Å²) < 4.78 is 2.39. The Morgan fingerprint density at radius 3 is 1.05 bits per heavy atom. The summed E-state index contributed by atoms with van der Waals surface area (Å²) in [7, 11) is 14.1. The maximum absolute atomic E-state index is 7.07. The average molecular weight is 437 g/mol. The summed E-state index contributed by atoms with van der Waals surface area (Å²) >= 11 is -3.36. The first kappa shape index (κ1) is 17.2. The van der Waals surface area contributed by atoms with E-state index in [1.807, 2.05) is 0 Å². The Labute approximate surface area is 139 Å². The molecule has 0 amide bonds. The van der Waals surface area contributed by atoms with Crippen molar-refractivity contribution in [2.45, 2.75) is 41.5 Å². The summed E-state index contributed by atoms with van der Waals surface area (Å²) in [5.74, 6) is 0. The molecule has 0 heterocycles. The Bertz CT molecular complexity index is 597. The van der Waals surface area contributed by atoms with Crippen LogP contribution in [0.3, 0.4) is 0 Å². The number of halogens is 2. The third-order valence-electron chi connectivity index (χ3n) is 3.72. The summed E-state index contributed by atoms with van der Waals surface area (Å²) in [6.45, 7) is 12.7. The van der Waals surface area contributed by atoms with Gasteiger partial charge in [-0.3, -0.25) is 0 Å². The molecule has 2 aromatic carbocycles. The Morgan fingerprint density at radius 1 is 0.571 bits per heavy atom. The molecule has 2 aromatic rings.